The van der Waals surface area contributed by atoms with Gasteiger partial charge in [-0.2, -0.15) is 0 Å². The first-order valence-corrected chi connectivity index (χ1v) is 8.73. The zero-order chi connectivity index (χ0) is 17.9. The van der Waals surface area contributed by atoms with Crippen molar-refractivity contribution in [1.29, 1.82) is 0 Å². The Kier molecular flexibility index (Phi) is 9.84. The predicted octanol–water partition coefficient (Wildman–Crippen LogP) is 4.61. The van der Waals surface area contributed by atoms with Crippen molar-refractivity contribution in [2.75, 3.05) is 19.8 Å². The summed E-state index contributed by atoms with van der Waals surface area (Å²) in [6.45, 7) is 13.6. The fraction of sp³-hybridized carbons (Fsp3) is 0.600. The molecule has 0 saturated carbocycles. The first kappa shape index (κ1) is 20.8. The van der Waals surface area contributed by atoms with Gasteiger partial charge in [-0.05, 0) is 49.8 Å². The highest BCUT2D eigenvalue weighted by molar-refractivity contribution is 5.17. The van der Waals surface area contributed by atoms with Gasteiger partial charge in [0.05, 0.1) is 12.7 Å². The number of rotatable bonds is 12. The molecule has 0 N–H and O–H groups in total. The van der Waals surface area contributed by atoms with Crippen molar-refractivity contribution < 1.29 is 18.6 Å². The smallest absolute Gasteiger partial charge is 0.180 e. The molecule has 136 valence electrons. The topological polar surface area (TPSA) is 27.7 Å². The van der Waals surface area contributed by atoms with Gasteiger partial charge in [0.2, 0.25) is 0 Å². The Morgan fingerprint density at radius 3 is 2.08 bits per heavy atom. The van der Waals surface area contributed by atoms with E-state index in [9.17, 15) is 4.39 Å². The van der Waals surface area contributed by atoms with Gasteiger partial charge in [0.1, 0.15) is 5.82 Å². The lowest BCUT2D eigenvalue weighted by molar-refractivity contribution is -0.177. The molecule has 0 aliphatic heterocycles. The monoisotopic (exact) mass is 338 g/mol. The van der Waals surface area contributed by atoms with E-state index in [2.05, 4.69) is 20.4 Å². The maximum absolute atomic E-state index is 13.1. The highest BCUT2D eigenvalue weighted by Crippen LogP contribution is 2.24. The molecule has 0 radical (unpaired) electrons. The van der Waals surface area contributed by atoms with E-state index >= 15 is 0 Å². The Labute approximate surface area is 145 Å². The second-order valence-electron chi connectivity index (χ2n) is 6.11. The van der Waals surface area contributed by atoms with Crippen LogP contribution in [0, 0.1) is 17.7 Å². The van der Waals surface area contributed by atoms with Crippen LogP contribution in [-0.2, 0) is 20.6 Å². The van der Waals surface area contributed by atoms with E-state index in [1.807, 2.05) is 32.1 Å². The number of hydrogen-bond acceptors (Lipinski definition) is 3. The fourth-order valence-corrected chi connectivity index (χ4v) is 2.70. The number of halogens is 1. The molecule has 3 nitrogen and oxygen atoms in total. The van der Waals surface area contributed by atoms with Crippen LogP contribution in [-0.4, -0.2) is 32.2 Å². The molecule has 4 heteroatoms. The van der Waals surface area contributed by atoms with Crippen molar-refractivity contribution in [2.24, 2.45) is 11.8 Å². The number of hydrogen-bond donors (Lipinski definition) is 0. The minimum atomic E-state index is -0.360. The van der Waals surface area contributed by atoms with Crippen molar-refractivity contribution >= 4 is 0 Å². The molecular formula is C20H31FO3. The van der Waals surface area contributed by atoms with Crippen LogP contribution in [0.3, 0.4) is 0 Å². The van der Waals surface area contributed by atoms with Crippen LogP contribution >= 0.6 is 0 Å². The fourth-order valence-electron chi connectivity index (χ4n) is 2.70. The molecule has 0 bridgehead atoms. The van der Waals surface area contributed by atoms with E-state index in [1.54, 1.807) is 0 Å². The molecule has 0 fully saturated rings. The van der Waals surface area contributed by atoms with Gasteiger partial charge >= 0.3 is 0 Å². The van der Waals surface area contributed by atoms with Crippen LogP contribution in [0.25, 0.3) is 0 Å². The van der Waals surface area contributed by atoms with Gasteiger partial charge in [0.25, 0.3) is 0 Å². The van der Waals surface area contributed by atoms with Gasteiger partial charge < -0.3 is 14.2 Å². The predicted molar refractivity (Wildman–Crippen MR) is 95.4 cm³/mol. The lowest BCUT2D eigenvalue weighted by Gasteiger charge is -2.29. The lowest BCUT2D eigenvalue weighted by atomic mass is 9.84. The summed E-state index contributed by atoms with van der Waals surface area (Å²) in [6, 6.07) is 6.65. The largest absolute Gasteiger partial charge is 0.369 e. The van der Waals surface area contributed by atoms with Gasteiger partial charge in [-0.15, -0.1) is 6.58 Å². The van der Waals surface area contributed by atoms with Crippen molar-refractivity contribution in [3.63, 3.8) is 0 Å². The minimum absolute atomic E-state index is 0.113. The average Bonchev–Trinajstić information content (AvgIpc) is 2.56. The van der Waals surface area contributed by atoms with Gasteiger partial charge in [-0.1, -0.05) is 32.1 Å². The quantitative estimate of drug-likeness (QED) is 0.411. The minimum Gasteiger partial charge on any atom is -0.369 e. The normalized spacial score (nSPS) is 14.1. The average molecular weight is 338 g/mol. The summed E-state index contributed by atoms with van der Waals surface area (Å²) in [7, 11) is 0. The molecule has 0 aliphatic carbocycles. The highest BCUT2D eigenvalue weighted by Gasteiger charge is 2.24. The van der Waals surface area contributed by atoms with Crippen LogP contribution in [0.4, 0.5) is 4.39 Å². The van der Waals surface area contributed by atoms with Crippen LogP contribution in [0.5, 0.6) is 0 Å². The first-order valence-electron chi connectivity index (χ1n) is 8.73. The maximum atomic E-state index is 13.1. The Morgan fingerprint density at radius 2 is 1.62 bits per heavy atom. The summed E-state index contributed by atoms with van der Waals surface area (Å²) in [5, 5.41) is 0. The highest BCUT2D eigenvalue weighted by atomic mass is 19.1. The van der Waals surface area contributed by atoms with E-state index in [-0.39, 0.29) is 24.1 Å². The van der Waals surface area contributed by atoms with Gasteiger partial charge in [0.15, 0.2) is 6.29 Å². The van der Waals surface area contributed by atoms with Crippen LogP contribution < -0.4 is 0 Å². The molecular weight excluding hydrogens is 307 g/mol. The summed E-state index contributed by atoms with van der Waals surface area (Å²) in [5.41, 5.74) is 1.09. The van der Waals surface area contributed by atoms with Crippen LogP contribution in [0.15, 0.2) is 36.9 Å². The van der Waals surface area contributed by atoms with E-state index in [4.69, 9.17) is 14.2 Å². The van der Waals surface area contributed by atoms with Crippen LogP contribution in [0.1, 0.15) is 33.3 Å². The molecule has 1 aromatic rings. The van der Waals surface area contributed by atoms with Gasteiger partial charge in [-0.3, -0.25) is 0 Å². The third-order valence-electron chi connectivity index (χ3n) is 4.03. The lowest BCUT2D eigenvalue weighted by Crippen LogP contribution is -2.33. The SMILES string of the molecule is C=C[C@@H](OCC(OCC)OCC)[C@@H](Cc1ccc(F)cc1)C(C)C. The maximum Gasteiger partial charge on any atom is 0.180 e. The summed E-state index contributed by atoms with van der Waals surface area (Å²) in [4.78, 5) is 0. The van der Waals surface area contributed by atoms with E-state index in [1.165, 1.54) is 12.1 Å². The Morgan fingerprint density at radius 1 is 1.04 bits per heavy atom. The second kappa shape index (κ2) is 11.3. The van der Waals surface area contributed by atoms with Crippen molar-refractivity contribution in [3.05, 3.63) is 48.3 Å². The molecule has 2 atom stereocenters. The summed E-state index contributed by atoms with van der Waals surface area (Å²) in [6.07, 6.45) is 2.17. The second-order valence-corrected chi connectivity index (χ2v) is 6.11. The Bertz CT molecular complexity index is 452. The van der Waals surface area contributed by atoms with Crippen molar-refractivity contribution in [1.82, 2.24) is 0 Å². The van der Waals surface area contributed by atoms with Crippen molar-refractivity contribution in [2.45, 2.75) is 46.5 Å². The number of ether oxygens (including phenoxy) is 3. The van der Waals surface area contributed by atoms with Crippen LogP contribution in [0.2, 0.25) is 0 Å². The molecule has 24 heavy (non-hydrogen) atoms. The van der Waals surface area contributed by atoms with E-state index < -0.39 is 0 Å². The first-order chi connectivity index (χ1) is 11.5. The molecule has 0 aromatic heterocycles. The molecule has 0 amide bonds. The number of benzene rings is 1. The molecule has 1 aromatic carbocycles. The standard InChI is InChI=1S/C20H31FO3/c1-6-19(24-14-20(22-7-2)23-8-3)18(15(4)5)13-16-9-11-17(21)12-10-16/h6,9-12,15,18-20H,1,7-8,13-14H2,2-5H3/t18-,19+/m0/s1. The summed E-state index contributed by atoms with van der Waals surface area (Å²) in [5.74, 6) is 0.431. The van der Waals surface area contributed by atoms with E-state index in [0.29, 0.717) is 25.7 Å². The molecule has 1 rings (SSSR count). The Hall–Kier alpha value is -1.23. The van der Waals surface area contributed by atoms with Gasteiger partial charge in [-0.25, -0.2) is 4.39 Å². The summed E-state index contributed by atoms with van der Waals surface area (Å²) < 4.78 is 30.2. The third kappa shape index (κ3) is 7.12. The third-order valence-corrected chi connectivity index (χ3v) is 4.03. The molecule has 0 aliphatic rings. The summed E-state index contributed by atoms with van der Waals surface area (Å²) >= 11 is 0. The zero-order valence-electron chi connectivity index (χ0n) is 15.3. The zero-order valence-corrected chi connectivity index (χ0v) is 15.3. The Balaban J connectivity index is 2.71. The van der Waals surface area contributed by atoms with Crippen molar-refractivity contribution in [3.8, 4) is 0 Å². The molecule has 0 heterocycles. The molecule has 0 spiro atoms. The molecule has 0 unspecified atom stereocenters. The molecule has 0 saturated heterocycles. The van der Waals surface area contributed by atoms with E-state index in [0.717, 1.165) is 12.0 Å². The van der Waals surface area contributed by atoms with Gasteiger partial charge in [0, 0.05) is 13.2 Å².